The van der Waals surface area contributed by atoms with Crippen LogP contribution in [0, 0.1) is 0 Å². The third-order valence-electron chi connectivity index (χ3n) is 2.74. The Bertz CT molecular complexity index is 180. The molecule has 4 nitrogen and oxygen atoms in total. The molecule has 1 aliphatic carbocycles. The van der Waals surface area contributed by atoms with Crippen molar-refractivity contribution in [1.29, 1.82) is 0 Å². The average molecular weight is 358 g/mol. The van der Waals surface area contributed by atoms with Gasteiger partial charge in [-0.3, -0.25) is 0 Å². The Morgan fingerprint density at radius 3 is 2.18 bits per heavy atom. The molecule has 2 atom stereocenters. The number of ether oxygens (including phenoxy) is 4. The van der Waals surface area contributed by atoms with Crippen molar-refractivity contribution in [2.75, 3.05) is 46.8 Å². The molecule has 0 bridgehead atoms. The molecule has 0 aliphatic heterocycles. The van der Waals surface area contributed by atoms with Crippen LogP contribution in [0.5, 0.6) is 0 Å². The molecule has 1 aliphatic rings. The van der Waals surface area contributed by atoms with Crippen LogP contribution >= 0.6 is 22.6 Å². The Morgan fingerprint density at radius 1 is 0.941 bits per heavy atom. The van der Waals surface area contributed by atoms with Gasteiger partial charge in [0, 0.05) is 11.0 Å². The Labute approximate surface area is 117 Å². The Balaban J connectivity index is 1.78. The fourth-order valence-electron chi connectivity index (χ4n) is 1.79. The van der Waals surface area contributed by atoms with E-state index in [4.69, 9.17) is 18.9 Å². The van der Waals surface area contributed by atoms with Crippen molar-refractivity contribution < 1.29 is 18.9 Å². The van der Waals surface area contributed by atoms with E-state index in [1.54, 1.807) is 7.11 Å². The van der Waals surface area contributed by atoms with Crippen molar-refractivity contribution >= 4 is 22.6 Å². The topological polar surface area (TPSA) is 36.9 Å². The van der Waals surface area contributed by atoms with Crippen LogP contribution in [0.4, 0.5) is 0 Å². The van der Waals surface area contributed by atoms with E-state index >= 15 is 0 Å². The summed E-state index contributed by atoms with van der Waals surface area (Å²) in [4.78, 5) is 0. The number of methoxy groups -OCH3 is 1. The first-order chi connectivity index (χ1) is 8.34. The zero-order chi connectivity index (χ0) is 12.3. The van der Waals surface area contributed by atoms with E-state index in [1.165, 1.54) is 19.3 Å². The largest absolute Gasteiger partial charge is 0.382 e. The highest BCUT2D eigenvalue weighted by molar-refractivity contribution is 14.1. The van der Waals surface area contributed by atoms with Gasteiger partial charge in [-0.15, -0.1) is 0 Å². The van der Waals surface area contributed by atoms with Gasteiger partial charge in [0.2, 0.25) is 0 Å². The van der Waals surface area contributed by atoms with Gasteiger partial charge in [0.15, 0.2) is 0 Å². The fourth-order valence-corrected chi connectivity index (χ4v) is 2.80. The highest BCUT2D eigenvalue weighted by atomic mass is 127. The van der Waals surface area contributed by atoms with Gasteiger partial charge in [-0.05, 0) is 19.3 Å². The predicted molar refractivity (Wildman–Crippen MR) is 74.9 cm³/mol. The molecule has 1 saturated carbocycles. The van der Waals surface area contributed by atoms with Gasteiger partial charge in [-0.1, -0.05) is 22.6 Å². The summed E-state index contributed by atoms with van der Waals surface area (Å²) in [6.07, 6.45) is 4.23. The van der Waals surface area contributed by atoms with E-state index in [-0.39, 0.29) is 0 Å². The summed E-state index contributed by atoms with van der Waals surface area (Å²) < 4.78 is 22.0. The average Bonchev–Trinajstić information content (AvgIpc) is 2.73. The van der Waals surface area contributed by atoms with Crippen LogP contribution in [0.1, 0.15) is 19.3 Å². The van der Waals surface area contributed by atoms with Crippen LogP contribution in [0.15, 0.2) is 0 Å². The Hall–Kier alpha value is 0.570. The second-order valence-electron chi connectivity index (χ2n) is 4.07. The molecular formula is C12H23IO4. The lowest BCUT2D eigenvalue weighted by molar-refractivity contribution is -0.0124. The number of rotatable bonds is 10. The van der Waals surface area contributed by atoms with E-state index < -0.39 is 0 Å². The van der Waals surface area contributed by atoms with Gasteiger partial charge < -0.3 is 18.9 Å². The third kappa shape index (κ3) is 7.56. The molecule has 2 unspecified atom stereocenters. The molecule has 0 aromatic heterocycles. The molecular weight excluding hydrogens is 335 g/mol. The highest BCUT2D eigenvalue weighted by Crippen LogP contribution is 2.28. The number of hydrogen-bond acceptors (Lipinski definition) is 4. The van der Waals surface area contributed by atoms with Crippen LogP contribution in [0.25, 0.3) is 0 Å². The molecule has 0 heterocycles. The Kier molecular flexibility index (Phi) is 9.64. The van der Waals surface area contributed by atoms with Gasteiger partial charge >= 0.3 is 0 Å². The maximum absolute atomic E-state index is 5.77. The normalized spacial score (nSPS) is 24.4. The highest BCUT2D eigenvalue weighted by Gasteiger charge is 2.24. The minimum atomic E-state index is 0.442. The summed E-state index contributed by atoms with van der Waals surface area (Å²) in [6, 6.07) is 0. The molecule has 1 fully saturated rings. The molecule has 0 spiro atoms. The summed E-state index contributed by atoms with van der Waals surface area (Å²) in [7, 11) is 1.67. The van der Waals surface area contributed by atoms with Gasteiger partial charge in [0.25, 0.3) is 0 Å². The molecule has 0 saturated heterocycles. The third-order valence-corrected chi connectivity index (χ3v) is 4.16. The predicted octanol–water partition coefficient (Wildman–Crippen LogP) is 2.04. The van der Waals surface area contributed by atoms with E-state index in [0.717, 1.165) is 0 Å². The molecule has 5 heteroatoms. The number of halogens is 1. The molecule has 1 rings (SSSR count). The van der Waals surface area contributed by atoms with Crippen LogP contribution in [0.3, 0.4) is 0 Å². The zero-order valence-corrected chi connectivity index (χ0v) is 12.7. The van der Waals surface area contributed by atoms with Crippen LogP contribution in [-0.4, -0.2) is 56.8 Å². The fraction of sp³-hybridized carbons (Fsp3) is 1.00. The van der Waals surface area contributed by atoms with Crippen LogP contribution < -0.4 is 0 Å². The minimum absolute atomic E-state index is 0.442. The molecule has 0 aromatic rings. The van der Waals surface area contributed by atoms with Crippen LogP contribution in [0.2, 0.25) is 0 Å². The summed E-state index contributed by atoms with van der Waals surface area (Å²) in [5, 5.41) is 0. The molecule has 0 radical (unpaired) electrons. The van der Waals surface area contributed by atoms with Crippen molar-refractivity contribution in [3.63, 3.8) is 0 Å². The first-order valence-corrected chi connectivity index (χ1v) is 7.49. The summed E-state index contributed by atoms with van der Waals surface area (Å²) in [5.74, 6) is 0. The van der Waals surface area contributed by atoms with Crippen molar-refractivity contribution in [3.8, 4) is 0 Å². The minimum Gasteiger partial charge on any atom is -0.382 e. The Morgan fingerprint density at radius 2 is 1.59 bits per heavy atom. The first kappa shape index (κ1) is 15.6. The maximum atomic E-state index is 5.77. The number of hydrogen-bond donors (Lipinski definition) is 0. The molecule has 0 amide bonds. The van der Waals surface area contributed by atoms with Crippen molar-refractivity contribution in [2.45, 2.75) is 29.3 Å². The van der Waals surface area contributed by atoms with Gasteiger partial charge in [0.05, 0.1) is 45.7 Å². The number of alkyl halides is 1. The maximum Gasteiger partial charge on any atom is 0.0704 e. The monoisotopic (exact) mass is 358 g/mol. The SMILES string of the molecule is COCCOCCOCCOC1CCCC1I. The lowest BCUT2D eigenvalue weighted by atomic mass is 10.3. The standard InChI is InChI=1S/C12H23IO4/c1-14-5-6-15-7-8-16-9-10-17-12-4-2-3-11(12)13/h11-12H,2-10H2,1H3. The van der Waals surface area contributed by atoms with Gasteiger partial charge in [-0.2, -0.15) is 0 Å². The smallest absolute Gasteiger partial charge is 0.0704 e. The zero-order valence-electron chi connectivity index (χ0n) is 10.5. The van der Waals surface area contributed by atoms with Gasteiger partial charge in [0.1, 0.15) is 0 Å². The van der Waals surface area contributed by atoms with Crippen molar-refractivity contribution in [2.24, 2.45) is 0 Å². The second-order valence-corrected chi connectivity index (χ2v) is 5.67. The molecule has 102 valence electrons. The molecule has 0 aromatic carbocycles. The summed E-state index contributed by atoms with van der Waals surface area (Å²) in [5.41, 5.74) is 0. The summed E-state index contributed by atoms with van der Waals surface area (Å²) >= 11 is 2.48. The van der Waals surface area contributed by atoms with E-state index in [1.807, 2.05) is 0 Å². The van der Waals surface area contributed by atoms with E-state index in [9.17, 15) is 0 Å². The van der Waals surface area contributed by atoms with Crippen molar-refractivity contribution in [1.82, 2.24) is 0 Å². The first-order valence-electron chi connectivity index (χ1n) is 6.24. The summed E-state index contributed by atoms with van der Waals surface area (Å²) in [6.45, 7) is 3.89. The molecule has 0 N–H and O–H groups in total. The molecule has 17 heavy (non-hydrogen) atoms. The van der Waals surface area contributed by atoms with Crippen molar-refractivity contribution in [3.05, 3.63) is 0 Å². The quantitative estimate of drug-likeness (QED) is 0.340. The van der Waals surface area contributed by atoms with Gasteiger partial charge in [-0.25, -0.2) is 0 Å². The van der Waals surface area contributed by atoms with E-state index in [2.05, 4.69) is 22.6 Å². The lowest BCUT2D eigenvalue weighted by Gasteiger charge is -2.15. The van der Waals surface area contributed by atoms with Crippen LogP contribution in [-0.2, 0) is 18.9 Å². The lowest BCUT2D eigenvalue weighted by Crippen LogP contribution is -2.20. The second kappa shape index (κ2) is 10.5. The van der Waals surface area contributed by atoms with E-state index in [0.29, 0.717) is 49.7 Å².